The summed E-state index contributed by atoms with van der Waals surface area (Å²) in [6.07, 6.45) is 0. The molecule has 0 aliphatic heterocycles. The lowest BCUT2D eigenvalue weighted by Crippen LogP contribution is -3.00. The number of rotatable bonds is 4. The summed E-state index contributed by atoms with van der Waals surface area (Å²) in [5.41, 5.74) is 0.412. The van der Waals surface area contributed by atoms with Crippen LogP contribution in [0.2, 0.25) is 0 Å². The SMILES string of the molecule is COOO[NH+]([O-])c1ccccc1. The predicted molar refractivity (Wildman–Crippen MR) is 39.6 cm³/mol. The van der Waals surface area contributed by atoms with Crippen LogP contribution in [0.25, 0.3) is 0 Å². The fourth-order valence-corrected chi connectivity index (χ4v) is 0.687. The minimum atomic E-state index is -0.586. The first-order chi connectivity index (χ1) is 5.84. The second kappa shape index (κ2) is 4.81. The highest BCUT2D eigenvalue weighted by molar-refractivity contribution is 5.27. The molecule has 66 valence electrons. The quantitative estimate of drug-likeness (QED) is 0.516. The molecule has 0 saturated heterocycles. The fourth-order valence-electron chi connectivity index (χ4n) is 0.687. The number of hydrogen-bond acceptors (Lipinski definition) is 4. The van der Waals surface area contributed by atoms with Crippen molar-refractivity contribution < 1.29 is 20.1 Å². The molecular weight excluding hydrogens is 162 g/mol. The van der Waals surface area contributed by atoms with Crippen LogP contribution >= 0.6 is 0 Å². The van der Waals surface area contributed by atoms with Gasteiger partial charge in [0.05, 0.1) is 7.11 Å². The van der Waals surface area contributed by atoms with Gasteiger partial charge in [0.1, 0.15) is 0 Å². The molecule has 0 aromatic heterocycles. The van der Waals surface area contributed by atoms with Crippen molar-refractivity contribution in [2.24, 2.45) is 0 Å². The summed E-state index contributed by atoms with van der Waals surface area (Å²) >= 11 is 0. The van der Waals surface area contributed by atoms with Crippen molar-refractivity contribution in [2.75, 3.05) is 7.11 Å². The second-order valence-electron chi connectivity index (χ2n) is 1.97. The van der Waals surface area contributed by atoms with Crippen LogP contribution in [0.5, 0.6) is 0 Å². The Kier molecular flexibility index (Phi) is 3.65. The first-order valence-electron chi connectivity index (χ1n) is 3.31. The van der Waals surface area contributed by atoms with Crippen LogP contribution in [0.3, 0.4) is 0 Å². The zero-order chi connectivity index (χ0) is 8.81. The lowest BCUT2D eigenvalue weighted by Gasteiger charge is -2.14. The molecule has 0 heterocycles. The molecule has 0 fully saturated rings. The van der Waals surface area contributed by atoms with Gasteiger partial charge in [0.2, 0.25) is 0 Å². The van der Waals surface area contributed by atoms with Gasteiger partial charge >= 0.3 is 0 Å². The monoisotopic (exact) mass is 171 g/mol. The number of benzene rings is 1. The smallest absolute Gasteiger partial charge is 0.166 e. The third-order valence-electron chi connectivity index (χ3n) is 1.19. The zero-order valence-electron chi connectivity index (χ0n) is 6.52. The molecule has 1 N–H and O–H groups in total. The van der Waals surface area contributed by atoms with E-state index < -0.39 is 5.23 Å². The standard InChI is InChI=1S/C7H9NO4/c1-10-12-11-8(9)7-5-3-2-4-6-7/h2-6,8H,1H3. The molecule has 0 aliphatic rings. The Balaban J connectivity index is 2.48. The van der Waals surface area contributed by atoms with Crippen LogP contribution in [0.4, 0.5) is 5.69 Å². The van der Waals surface area contributed by atoms with Crippen molar-refractivity contribution in [3.8, 4) is 0 Å². The Labute approximate surface area is 69.5 Å². The summed E-state index contributed by atoms with van der Waals surface area (Å²) in [6, 6.07) is 8.48. The summed E-state index contributed by atoms with van der Waals surface area (Å²) in [7, 11) is 1.25. The third-order valence-corrected chi connectivity index (χ3v) is 1.19. The maximum Gasteiger partial charge on any atom is 0.166 e. The van der Waals surface area contributed by atoms with Crippen molar-refractivity contribution in [1.29, 1.82) is 0 Å². The van der Waals surface area contributed by atoms with Crippen molar-refractivity contribution >= 4 is 5.69 Å². The van der Waals surface area contributed by atoms with Gasteiger partial charge < -0.3 is 5.21 Å². The largest absolute Gasteiger partial charge is 0.592 e. The highest BCUT2D eigenvalue weighted by atomic mass is 17.6. The van der Waals surface area contributed by atoms with Crippen molar-refractivity contribution in [2.45, 2.75) is 0 Å². The van der Waals surface area contributed by atoms with Crippen molar-refractivity contribution in [3.63, 3.8) is 0 Å². The van der Waals surface area contributed by atoms with E-state index in [4.69, 9.17) is 0 Å². The van der Waals surface area contributed by atoms with Crippen LogP contribution in [0.15, 0.2) is 30.3 Å². The fraction of sp³-hybridized carbons (Fsp3) is 0.143. The molecular formula is C7H9NO4. The molecule has 0 bridgehead atoms. The Morgan fingerprint density at radius 2 is 1.92 bits per heavy atom. The molecule has 1 rings (SSSR count). The van der Waals surface area contributed by atoms with E-state index in [1.165, 1.54) is 7.11 Å². The summed E-state index contributed by atoms with van der Waals surface area (Å²) in [6.45, 7) is 0. The summed E-state index contributed by atoms with van der Waals surface area (Å²) in [5, 5.41) is 14.4. The molecule has 0 aliphatic carbocycles. The van der Waals surface area contributed by atoms with Gasteiger partial charge in [0.15, 0.2) is 5.69 Å². The summed E-state index contributed by atoms with van der Waals surface area (Å²) in [5.74, 6) is 0. The second-order valence-corrected chi connectivity index (χ2v) is 1.97. The third kappa shape index (κ3) is 2.57. The Bertz CT molecular complexity index is 216. The minimum Gasteiger partial charge on any atom is -0.592 e. The Hall–Kier alpha value is -0.980. The number of nitrogens with one attached hydrogen (secondary N) is 1. The van der Waals surface area contributed by atoms with Crippen LogP contribution in [-0.4, -0.2) is 7.11 Å². The van der Waals surface area contributed by atoms with Gasteiger partial charge in [0, 0.05) is 17.1 Å². The van der Waals surface area contributed by atoms with Crippen molar-refractivity contribution in [3.05, 3.63) is 35.5 Å². The molecule has 0 spiro atoms. The molecule has 0 amide bonds. The van der Waals surface area contributed by atoms with E-state index >= 15 is 0 Å². The molecule has 1 atom stereocenters. The molecule has 1 aromatic carbocycles. The van der Waals surface area contributed by atoms with Gasteiger partial charge in [0.25, 0.3) is 0 Å². The van der Waals surface area contributed by atoms with Gasteiger partial charge in [-0.25, -0.2) is 4.89 Å². The van der Waals surface area contributed by atoms with E-state index in [9.17, 15) is 5.21 Å². The molecule has 1 unspecified atom stereocenters. The van der Waals surface area contributed by atoms with E-state index in [1.807, 2.05) is 0 Å². The molecule has 5 heteroatoms. The van der Waals surface area contributed by atoms with Crippen LogP contribution in [0, 0.1) is 5.21 Å². The number of quaternary nitrogens is 1. The lowest BCUT2D eigenvalue weighted by molar-refractivity contribution is -1.08. The minimum absolute atomic E-state index is 0.412. The highest BCUT2D eigenvalue weighted by Crippen LogP contribution is 1.97. The van der Waals surface area contributed by atoms with Gasteiger partial charge in [-0.1, -0.05) is 18.2 Å². The number of hydrogen-bond donors (Lipinski definition) is 1. The van der Waals surface area contributed by atoms with Crippen LogP contribution in [-0.2, 0) is 14.9 Å². The first kappa shape index (κ1) is 9.11. The van der Waals surface area contributed by atoms with E-state index in [-0.39, 0.29) is 0 Å². The maximum atomic E-state index is 11.0. The van der Waals surface area contributed by atoms with Gasteiger partial charge in [-0.2, -0.15) is 5.23 Å². The van der Waals surface area contributed by atoms with E-state index in [2.05, 4.69) is 14.9 Å². The molecule has 0 saturated carbocycles. The van der Waals surface area contributed by atoms with E-state index in [0.717, 1.165) is 0 Å². The lowest BCUT2D eigenvalue weighted by atomic mass is 10.3. The van der Waals surface area contributed by atoms with Gasteiger partial charge in [-0.05, 0) is 5.04 Å². The average molecular weight is 171 g/mol. The van der Waals surface area contributed by atoms with Gasteiger partial charge in [-0.3, -0.25) is 0 Å². The molecule has 1 aromatic rings. The Morgan fingerprint density at radius 3 is 2.50 bits per heavy atom. The highest BCUT2D eigenvalue weighted by Gasteiger charge is 2.02. The summed E-state index contributed by atoms with van der Waals surface area (Å²) < 4.78 is 0. The van der Waals surface area contributed by atoms with Crippen LogP contribution in [0.1, 0.15) is 0 Å². The molecule has 0 radical (unpaired) electrons. The predicted octanol–water partition coefficient (Wildman–Crippen LogP) is 0.125. The normalized spacial score (nSPS) is 12.8. The molecule has 5 nitrogen and oxygen atoms in total. The maximum absolute atomic E-state index is 11.0. The first-order valence-corrected chi connectivity index (χ1v) is 3.31. The van der Waals surface area contributed by atoms with Crippen LogP contribution < -0.4 is 5.23 Å². The molecule has 12 heavy (non-hydrogen) atoms. The van der Waals surface area contributed by atoms with E-state index in [1.54, 1.807) is 30.3 Å². The Morgan fingerprint density at radius 1 is 1.25 bits per heavy atom. The topological polar surface area (TPSA) is 55.2 Å². The summed E-state index contributed by atoms with van der Waals surface area (Å²) in [4.78, 5) is 8.31. The van der Waals surface area contributed by atoms with E-state index in [0.29, 0.717) is 5.69 Å². The van der Waals surface area contributed by atoms with Crippen molar-refractivity contribution in [1.82, 2.24) is 0 Å². The average Bonchev–Trinajstić information content (AvgIpc) is 2.15. The zero-order valence-corrected chi connectivity index (χ0v) is 6.52. The van der Waals surface area contributed by atoms with Gasteiger partial charge in [-0.15, -0.1) is 0 Å².